The number of hydrogen-bond acceptors (Lipinski definition) is 3. The molecule has 1 heterocycles. The summed E-state index contributed by atoms with van der Waals surface area (Å²) in [6, 6.07) is 21.1. The van der Waals surface area contributed by atoms with E-state index in [-0.39, 0.29) is 11.5 Å². The number of rotatable bonds is 7. The van der Waals surface area contributed by atoms with Gasteiger partial charge >= 0.3 is 13.2 Å². The Morgan fingerprint density at radius 1 is 0.688 bits per heavy atom. The van der Waals surface area contributed by atoms with Crippen LogP contribution in [0.2, 0.25) is 5.02 Å². The van der Waals surface area contributed by atoms with Crippen molar-refractivity contribution in [2.45, 2.75) is 13.2 Å². The molecule has 164 valence electrons. The Morgan fingerprint density at radius 2 is 1.19 bits per heavy atom. The van der Waals surface area contributed by atoms with Crippen molar-refractivity contribution in [1.29, 1.82) is 0 Å². The summed E-state index contributed by atoms with van der Waals surface area (Å²) in [4.78, 5) is 0. The second kappa shape index (κ2) is 9.32. The lowest BCUT2D eigenvalue weighted by Gasteiger charge is -2.09. The molecule has 0 amide bonds. The SMILES string of the molecule is FC(F)Oc1ccc(-c2cc(-c3ccc(OC(F)F)cc3)n(-c3ccc(Cl)cc3)n2)cc1. The smallest absolute Gasteiger partial charge is 0.387 e. The van der Waals surface area contributed by atoms with Crippen molar-refractivity contribution < 1.29 is 27.0 Å². The number of alkyl halides is 4. The normalized spacial score (nSPS) is 11.2. The van der Waals surface area contributed by atoms with Gasteiger partial charge in [-0.1, -0.05) is 11.6 Å². The number of hydrogen-bond donors (Lipinski definition) is 0. The molecule has 0 radical (unpaired) electrons. The minimum atomic E-state index is -2.91. The summed E-state index contributed by atoms with van der Waals surface area (Å²) >= 11 is 6.00. The van der Waals surface area contributed by atoms with Gasteiger partial charge in [0.25, 0.3) is 0 Å². The largest absolute Gasteiger partial charge is 0.435 e. The molecule has 4 aromatic rings. The molecule has 1 aromatic heterocycles. The van der Waals surface area contributed by atoms with Crippen LogP contribution < -0.4 is 9.47 Å². The quantitative estimate of drug-likeness (QED) is 0.276. The van der Waals surface area contributed by atoms with Gasteiger partial charge in [-0.3, -0.25) is 0 Å². The van der Waals surface area contributed by atoms with Crippen LogP contribution >= 0.6 is 11.6 Å². The lowest BCUT2D eigenvalue weighted by Crippen LogP contribution is -2.02. The summed E-state index contributed by atoms with van der Waals surface area (Å²) in [6.45, 7) is -5.82. The highest BCUT2D eigenvalue weighted by Crippen LogP contribution is 2.31. The van der Waals surface area contributed by atoms with E-state index in [2.05, 4.69) is 14.6 Å². The van der Waals surface area contributed by atoms with Crippen LogP contribution in [0, 0.1) is 0 Å². The topological polar surface area (TPSA) is 36.3 Å². The minimum Gasteiger partial charge on any atom is -0.435 e. The predicted molar refractivity (Wildman–Crippen MR) is 113 cm³/mol. The lowest BCUT2D eigenvalue weighted by atomic mass is 10.1. The third-order valence-corrected chi connectivity index (χ3v) is 4.78. The summed E-state index contributed by atoms with van der Waals surface area (Å²) in [5.74, 6) is 0.0758. The highest BCUT2D eigenvalue weighted by molar-refractivity contribution is 6.30. The van der Waals surface area contributed by atoms with E-state index in [1.165, 1.54) is 24.3 Å². The highest BCUT2D eigenvalue weighted by atomic mass is 35.5. The fourth-order valence-corrected chi connectivity index (χ4v) is 3.25. The van der Waals surface area contributed by atoms with E-state index < -0.39 is 13.2 Å². The predicted octanol–water partition coefficient (Wildman–Crippen LogP) is 7.06. The molecule has 0 aliphatic heterocycles. The van der Waals surface area contributed by atoms with Crippen LogP contribution in [0.4, 0.5) is 17.6 Å². The second-order valence-electron chi connectivity index (χ2n) is 6.61. The number of aromatic nitrogens is 2. The first-order chi connectivity index (χ1) is 15.4. The van der Waals surface area contributed by atoms with Gasteiger partial charge in [-0.2, -0.15) is 22.7 Å². The van der Waals surface area contributed by atoms with Gasteiger partial charge in [-0.25, -0.2) is 4.68 Å². The van der Waals surface area contributed by atoms with Gasteiger partial charge in [-0.15, -0.1) is 0 Å². The zero-order chi connectivity index (χ0) is 22.7. The third kappa shape index (κ3) is 5.03. The molecule has 0 saturated carbocycles. The Kier molecular flexibility index (Phi) is 6.32. The maximum atomic E-state index is 12.5. The fraction of sp³-hybridized carbons (Fsp3) is 0.0870. The lowest BCUT2D eigenvalue weighted by molar-refractivity contribution is -0.0505. The molecule has 0 unspecified atom stereocenters. The molecule has 0 atom stereocenters. The van der Waals surface area contributed by atoms with Gasteiger partial charge in [0, 0.05) is 16.1 Å². The first kappa shape index (κ1) is 21.7. The Hall–Kier alpha value is -3.52. The third-order valence-electron chi connectivity index (χ3n) is 4.53. The van der Waals surface area contributed by atoms with Crippen LogP contribution in [0.15, 0.2) is 78.9 Å². The van der Waals surface area contributed by atoms with Gasteiger partial charge in [0.2, 0.25) is 0 Å². The van der Waals surface area contributed by atoms with E-state index in [1.807, 2.05) is 0 Å². The molecule has 0 N–H and O–H groups in total. The molecule has 4 rings (SSSR count). The summed E-state index contributed by atoms with van der Waals surface area (Å²) in [6.07, 6.45) is 0. The molecule has 0 aliphatic rings. The van der Waals surface area contributed by atoms with Gasteiger partial charge < -0.3 is 9.47 Å². The van der Waals surface area contributed by atoms with E-state index in [0.29, 0.717) is 27.5 Å². The standard InChI is InChI=1S/C23H15ClF4N2O2/c24-16-5-7-17(8-6-16)30-21(15-3-11-19(12-4-15)32-23(27)28)13-20(29-30)14-1-9-18(10-2-14)31-22(25)26/h1-13,22-23H. The molecule has 0 fully saturated rings. The summed E-state index contributed by atoms with van der Waals surface area (Å²) in [5.41, 5.74) is 3.36. The van der Waals surface area contributed by atoms with Crippen LogP contribution in [-0.2, 0) is 0 Å². The molecule has 0 aliphatic carbocycles. The average Bonchev–Trinajstić information content (AvgIpc) is 3.20. The molecular formula is C23H15ClF4N2O2. The van der Waals surface area contributed by atoms with E-state index >= 15 is 0 Å². The number of halogens is 5. The Labute approximate surface area is 185 Å². The maximum Gasteiger partial charge on any atom is 0.387 e. The Balaban J connectivity index is 1.74. The molecule has 3 aromatic carbocycles. The van der Waals surface area contributed by atoms with Crippen molar-refractivity contribution in [2.75, 3.05) is 0 Å². The van der Waals surface area contributed by atoms with Gasteiger partial charge in [0.15, 0.2) is 0 Å². The van der Waals surface area contributed by atoms with Crippen LogP contribution in [0.25, 0.3) is 28.2 Å². The van der Waals surface area contributed by atoms with Crippen LogP contribution in [0.1, 0.15) is 0 Å². The zero-order valence-corrected chi connectivity index (χ0v) is 17.0. The van der Waals surface area contributed by atoms with Crippen molar-refractivity contribution in [2.24, 2.45) is 0 Å². The molecule has 0 saturated heterocycles. The molecule has 0 spiro atoms. The van der Waals surface area contributed by atoms with Crippen LogP contribution in [0.5, 0.6) is 11.5 Å². The van der Waals surface area contributed by atoms with Crippen LogP contribution in [0.3, 0.4) is 0 Å². The molecule has 0 bridgehead atoms. The molecule has 9 heteroatoms. The second-order valence-corrected chi connectivity index (χ2v) is 7.05. The first-order valence-electron chi connectivity index (χ1n) is 9.35. The summed E-state index contributed by atoms with van der Waals surface area (Å²) in [7, 11) is 0. The highest BCUT2D eigenvalue weighted by Gasteiger charge is 2.15. The number of nitrogens with zero attached hydrogens (tertiary/aromatic N) is 2. The minimum absolute atomic E-state index is 0.0377. The van der Waals surface area contributed by atoms with E-state index in [4.69, 9.17) is 11.6 Å². The molecular weight excluding hydrogens is 448 g/mol. The number of benzene rings is 3. The maximum absolute atomic E-state index is 12.5. The van der Waals surface area contributed by atoms with Crippen molar-refractivity contribution >= 4 is 11.6 Å². The summed E-state index contributed by atoms with van der Waals surface area (Å²) in [5, 5.41) is 5.21. The van der Waals surface area contributed by atoms with Crippen LogP contribution in [-0.4, -0.2) is 23.0 Å². The van der Waals surface area contributed by atoms with Crippen molar-refractivity contribution in [3.63, 3.8) is 0 Å². The van der Waals surface area contributed by atoms with E-state index in [1.54, 1.807) is 59.3 Å². The van der Waals surface area contributed by atoms with Gasteiger partial charge in [0.05, 0.1) is 17.1 Å². The summed E-state index contributed by atoms with van der Waals surface area (Å²) < 4.78 is 60.2. The number of ether oxygens (including phenoxy) is 2. The van der Waals surface area contributed by atoms with E-state index in [9.17, 15) is 17.6 Å². The zero-order valence-electron chi connectivity index (χ0n) is 16.3. The fourth-order valence-electron chi connectivity index (χ4n) is 3.12. The van der Waals surface area contributed by atoms with E-state index in [0.717, 1.165) is 5.69 Å². The Bertz CT molecular complexity index is 1180. The first-order valence-corrected chi connectivity index (χ1v) is 9.73. The molecule has 32 heavy (non-hydrogen) atoms. The average molecular weight is 463 g/mol. The van der Waals surface area contributed by atoms with Gasteiger partial charge in [0.1, 0.15) is 11.5 Å². The van der Waals surface area contributed by atoms with Crippen molar-refractivity contribution in [3.05, 3.63) is 83.9 Å². The van der Waals surface area contributed by atoms with Crippen molar-refractivity contribution in [1.82, 2.24) is 9.78 Å². The van der Waals surface area contributed by atoms with Gasteiger partial charge in [-0.05, 0) is 78.9 Å². The van der Waals surface area contributed by atoms with Crippen molar-refractivity contribution in [3.8, 4) is 39.7 Å². The monoisotopic (exact) mass is 462 g/mol. The Morgan fingerprint density at radius 3 is 1.69 bits per heavy atom. The molecule has 4 nitrogen and oxygen atoms in total.